The van der Waals surface area contributed by atoms with Crippen LogP contribution < -0.4 is 5.32 Å². The smallest absolute Gasteiger partial charge is 0.0281 e. The number of nitrogens with one attached hydrogen (secondary N) is 1. The summed E-state index contributed by atoms with van der Waals surface area (Å²) in [6, 6.07) is 0.927. The summed E-state index contributed by atoms with van der Waals surface area (Å²) in [5, 5.41) is 3.68. The van der Waals surface area contributed by atoms with Gasteiger partial charge in [0.15, 0.2) is 0 Å². The van der Waals surface area contributed by atoms with Crippen LogP contribution >= 0.6 is 0 Å². The second kappa shape index (κ2) is 4.84. The van der Waals surface area contributed by atoms with E-state index in [9.17, 15) is 0 Å². The predicted octanol–water partition coefficient (Wildman–Crippen LogP) is 2.39. The lowest BCUT2D eigenvalue weighted by molar-refractivity contribution is 0.192. The molecule has 0 aromatic heterocycles. The highest BCUT2D eigenvalue weighted by atomic mass is 15.2. The van der Waals surface area contributed by atoms with Gasteiger partial charge >= 0.3 is 0 Å². The monoisotopic (exact) mass is 210 g/mol. The Kier molecular flexibility index (Phi) is 3.68. The van der Waals surface area contributed by atoms with E-state index in [1.807, 2.05) is 0 Å². The van der Waals surface area contributed by atoms with Gasteiger partial charge in [0.1, 0.15) is 0 Å². The number of rotatable bonds is 6. The number of nitrogens with zero attached hydrogens (tertiary/aromatic N) is 1. The molecule has 2 aliphatic rings. The van der Waals surface area contributed by atoms with Crippen molar-refractivity contribution in [2.45, 2.75) is 64.0 Å². The fourth-order valence-electron chi connectivity index (χ4n) is 2.73. The van der Waals surface area contributed by atoms with Gasteiger partial charge in [0.05, 0.1) is 0 Å². The van der Waals surface area contributed by atoms with E-state index in [0.29, 0.717) is 5.54 Å². The minimum absolute atomic E-state index is 0.413. The van der Waals surface area contributed by atoms with E-state index in [0.717, 1.165) is 6.04 Å². The Balaban J connectivity index is 1.82. The average Bonchev–Trinajstić information content (AvgIpc) is 2.98. The molecule has 1 heterocycles. The van der Waals surface area contributed by atoms with E-state index in [2.05, 4.69) is 24.1 Å². The van der Waals surface area contributed by atoms with Gasteiger partial charge in [-0.1, -0.05) is 13.3 Å². The minimum atomic E-state index is 0.413. The average molecular weight is 210 g/mol. The van der Waals surface area contributed by atoms with Gasteiger partial charge in [0, 0.05) is 18.1 Å². The molecule has 1 unspecified atom stereocenters. The van der Waals surface area contributed by atoms with Crippen LogP contribution in [0, 0.1) is 0 Å². The Morgan fingerprint density at radius 3 is 2.73 bits per heavy atom. The van der Waals surface area contributed by atoms with Crippen LogP contribution in [0.3, 0.4) is 0 Å². The molecule has 2 nitrogen and oxygen atoms in total. The molecule has 1 saturated carbocycles. The summed E-state index contributed by atoms with van der Waals surface area (Å²) in [6.45, 7) is 8.51. The Bertz CT molecular complexity index is 193. The van der Waals surface area contributed by atoms with Crippen LogP contribution in [0.15, 0.2) is 0 Å². The normalized spacial score (nSPS) is 31.4. The summed E-state index contributed by atoms with van der Waals surface area (Å²) >= 11 is 0. The summed E-state index contributed by atoms with van der Waals surface area (Å²) in [5.74, 6) is 0. The van der Waals surface area contributed by atoms with E-state index in [1.54, 1.807) is 0 Å². The molecule has 0 aromatic carbocycles. The van der Waals surface area contributed by atoms with E-state index in [1.165, 1.54) is 58.2 Å². The largest absolute Gasteiger partial charge is 0.310 e. The van der Waals surface area contributed by atoms with Crippen molar-refractivity contribution >= 4 is 0 Å². The van der Waals surface area contributed by atoms with E-state index >= 15 is 0 Å². The number of hydrogen-bond donors (Lipinski definition) is 1. The quantitative estimate of drug-likeness (QED) is 0.724. The molecule has 0 bridgehead atoms. The van der Waals surface area contributed by atoms with E-state index in [4.69, 9.17) is 0 Å². The second-order valence-electron chi connectivity index (χ2n) is 5.65. The summed E-state index contributed by atoms with van der Waals surface area (Å²) in [5.41, 5.74) is 0.413. The van der Waals surface area contributed by atoms with Crippen LogP contribution in [0.1, 0.15) is 52.4 Å². The lowest BCUT2D eigenvalue weighted by Crippen LogP contribution is -2.48. The Hall–Kier alpha value is -0.0800. The standard InChI is InChI=1S/C13H26N2/c1-3-4-10-15(12-6-7-12)11-13(2)8-5-9-14-13/h12,14H,3-11H2,1-2H3. The maximum absolute atomic E-state index is 3.68. The molecule has 2 heteroatoms. The molecule has 0 aromatic rings. The molecular formula is C13H26N2. The predicted molar refractivity (Wildman–Crippen MR) is 65.1 cm³/mol. The summed E-state index contributed by atoms with van der Waals surface area (Å²) in [7, 11) is 0. The molecule has 2 fully saturated rings. The second-order valence-corrected chi connectivity index (χ2v) is 5.65. The Morgan fingerprint density at radius 1 is 1.40 bits per heavy atom. The van der Waals surface area contributed by atoms with Crippen LogP contribution in [0.4, 0.5) is 0 Å². The molecule has 1 aliphatic carbocycles. The zero-order chi connectivity index (χ0) is 10.7. The topological polar surface area (TPSA) is 15.3 Å². The first-order valence-electron chi connectivity index (χ1n) is 6.72. The third kappa shape index (κ3) is 3.18. The first-order valence-corrected chi connectivity index (χ1v) is 6.72. The van der Waals surface area contributed by atoms with Crippen LogP contribution in [-0.4, -0.2) is 36.1 Å². The van der Waals surface area contributed by atoms with Gasteiger partial charge in [0.2, 0.25) is 0 Å². The Morgan fingerprint density at radius 2 is 2.20 bits per heavy atom. The molecule has 15 heavy (non-hydrogen) atoms. The zero-order valence-electron chi connectivity index (χ0n) is 10.4. The van der Waals surface area contributed by atoms with Gasteiger partial charge in [-0.05, 0) is 52.1 Å². The van der Waals surface area contributed by atoms with Crippen LogP contribution in [0.2, 0.25) is 0 Å². The van der Waals surface area contributed by atoms with Crippen molar-refractivity contribution in [3.8, 4) is 0 Å². The molecular weight excluding hydrogens is 184 g/mol. The van der Waals surface area contributed by atoms with Gasteiger partial charge < -0.3 is 5.32 Å². The lowest BCUT2D eigenvalue weighted by Gasteiger charge is -2.33. The van der Waals surface area contributed by atoms with Crippen molar-refractivity contribution in [1.82, 2.24) is 10.2 Å². The van der Waals surface area contributed by atoms with E-state index in [-0.39, 0.29) is 0 Å². The zero-order valence-corrected chi connectivity index (χ0v) is 10.4. The number of unbranched alkanes of at least 4 members (excludes halogenated alkanes) is 1. The van der Waals surface area contributed by atoms with Crippen LogP contribution in [-0.2, 0) is 0 Å². The van der Waals surface area contributed by atoms with Crippen molar-refractivity contribution in [3.63, 3.8) is 0 Å². The van der Waals surface area contributed by atoms with Gasteiger partial charge in [0.25, 0.3) is 0 Å². The van der Waals surface area contributed by atoms with Crippen molar-refractivity contribution in [3.05, 3.63) is 0 Å². The maximum Gasteiger partial charge on any atom is 0.0281 e. The summed E-state index contributed by atoms with van der Waals surface area (Å²) in [4.78, 5) is 2.74. The molecule has 2 rings (SSSR count). The van der Waals surface area contributed by atoms with Crippen molar-refractivity contribution in [2.24, 2.45) is 0 Å². The molecule has 1 aliphatic heterocycles. The highest BCUT2D eigenvalue weighted by molar-refractivity contribution is 4.95. The van der Waals surface area contributed by atoms with Crippen LogP contribution in [0.25, 0.3) is 0 Å². The third-order valence-corrected chi connectivity index (χ3v) is 3.87. The highest BCUT2D eigenvalue weighted by Gasteiger charge is 2.35. The van der Waals surface area contributed by atoms with Gasteiger partial charge in [-0.2, -0.15) is 0 Å². The molecule has 0 amide bonds. The highest BCUT2D eigenvalue weighted by Crippen LogP contribution is 2.30. The molecule has 1 N–H and O–H groups in total. The SMILES string of the molecule is CCCCN(CC1(C)CCCN1)C1CC1. The van der Waals surface area contributed by atoms with Gasteiger partial charge in [-0.15, -0.1) is 0 Å². The van der Waals surface area contributed by atoms with Gasteiger partial charge in [-0.25, -0.2) is 0 Å². The van der Waals surface area contributed by atoms with Crippen molar-refractivity contribution in [2.75, 3.05) is 19.6 Å². The first kappa shape index (κ1) is 11.4. The van der Waals surface area contributed by atoms with Crippen molar-refractivity contribution in [1.29, 1.82) is 0 Å². The number of hydrogen-bond acceptors (Lipinski definition) is 2. The molecule has 1 saturated heterocycles. The Labute approximate surface area is 94.4 Å². The molecule has 1 atom stereocenters. The summed E-state index contributed by atoms with van der Waals surface area (Å²) < 4.78 is 0. The fourth-order valence-corrected chi connectivity index (χ4v) is 2.73. The lowest BCUT2D eigenvalue weighted by atomic mass is 9.99. The third-order valence-electron chi connectivity index (χ3n) is 3.87. The molecule has 0 spiro atoms. The first-order chi connectivity index (χ1) is 7.23. The molecule has 0 radical (unpaired) electrons. The van der Waals surface area contributed by atoms with Gasteiger partial charge in [-0.3, -0.25) is 4.90 Å². The minimum Gasteiger partial charge on any atom is -0.310 e. The summed E-state index contributed by atoms with van der Waals surface area (Å²) in [6.07, 6.45) is 8.31. The maximum atomic E-state index is 3.68. The fraction of sp³-hybridized carbons (Fsp3) is 1.00. The van der Waals surface area contributed by atoms with Crippen LogP contribution in [0.5, 0.6) is 0 Å². The van der Waals surface area contributed by atoms with Crippen molar-refractivity contribution < 1.29 is 0 Å². The molecule has 88 valence electrons. The van der Waals surface area contributed by atoms with E-state index < -0.39 is 0 Å².